The summed E-state index contributed by atoms with van der Waals surface area (Å²) in [6.07, 6.45) is 6.17. The van der Waals surface area contributed by atoms with Crippen LogP contribution in [-0.2, 0) is 5.41 Å². The molecule has 0 bridgehead atoms. The molecule has 14 heavy (non-hydrogen) atoms. The highest BCUT2D eigenvalue weighted by Gasteiger charge is 2.19. The molecule has 0 aliphatic carbocycles. The number of nitrogens with zero attached hydrogens (tertiary/aromatic N) is 2. The van der Waals surface area contributed by atoms with Crippen molar-refractivity contribution in [2.24, 2.45) is 0 Å². The fourth-order valence-corrected chi connectivity index (χ4v) is 1.58. The Labute approximate surface area is 86.0 Å². The van der Waals surface area contributed by atoms with Gasteiger partial charge >= 0.3 is 0 Å². The van der Waals surface area contributed by atoms with Crippen LogP contribution in [0, 0.1) is 0 Å². The van der Waals surface area contributed by atoms with Crippen LogP contribution >= 0.6 is 0 Å². The summed E-state index contributed by atoms with van der Waals surface area (Å²) in [4.78, 5) is 8.45. The zero-order valence-corrected chi connectivity index (χ0v) is 9.46. The molecule has 0 atom stereocenters. The van der Waals surface area contributed by atoms with E-state index in [0.717, 1.165) is 6.42 Å². The molecule has 1 aromatic rings. The van der Waals surface area contributed by atoms with Gasteiger partial charge in [-0.3, -0.25) is 0 Å². The summed E-state index contributed by atoms with van der Waals surface area (Å²) < 4.78 is 0. The molecule has 0 fully saturated rings. The Morgan fingerprint density at radius 2 is 1.86 bits per heavy atom. The van der Waals surface area contributed by atoms with Gasteiger partial charge in [0.2, 0.25) is 5.95 Å². The van der Waals surface area contributed by atoms with Crippen LogP contribution < -0.4 is 5.32 Å². The average Bonchev–Trinajstić information content (AvgIpc) is 2.18. The van der Waals surface area contributed by atoms with Crippen LogP contribution in [0.2, 0.25) is 0 Å². The lowest BCUT2D eigenvalue weighted by atomic mass is 9.82. The van der Waals surface area contributed by atoms with E-state index in [-0.39, 0.29) is 5.41 Å². The molecule has 0 aliphatic heterocycles. The summed E-state index contributed by atoms with van der Waals surface area (Å²) in [5, 5.41) is 2.92. The van der Waals surface area contributed by atoms with Gasteiger partial charge in [0.1, 0.15) is 0 Å². The molecule has 0 radical (unpaired) electrons. The highest BCUT2D eigenvalue weighted by molar-refractivity contribution is 5.26. The molecular formula is C11H19N3. The third-order valence-electron chi connectivity index (χ3n) is 2.53. The summed E-state index contributed by atoms with van der Waals surface area (Å²) in [6, 6.07) is 0. The van der Waals surface area contributed by atoms with Crippen LogP contribution in [0.3, 0.4) is 0 Å². The van der Waals surface area contributed by atoms with Gasteiger partial charge in [-0.25, -0.2) is 9.97 Å². The van der Waals surface area contributed by atoms with E-state index in [1.807, 2.05) is 19.4 Å². The monoisotopic (exact) mass is 193 g/mol. The van der Waals surface area contributed by atoms with E-state index in [0.29, 0.717) is 5.95 Å². The first-order chi connectivity index (χ1) is 6.60. The van der Waals surface area contributed by atoms with E-state index in [1.54, 1.807) is 0 Å². The van der Waals surface area contributed by atoms with Crippen LogP contribution in [0.15, 0.2) is 12.4 Å². The second-order valence-electron chi connectivity index (χ2n) is 4.18. The quantitative estimate of drug-likeness (QED) is 0.798. The highest BCUT2D eigenvalue weighted by atomic mass is 15.1. The van der Waals surface area contributed by atoms with Crippen LogP contribution in [-0.4, -0.2) is 17.0 Å². The molecule has 0 saturated carbocycles. The van der Waals surface area contributed by atoms with Crippen molar-refractivity contribution in [1.29, 1.82) is 0 Å². The molecule has 0 aromatic carbocycles. The maximum absolute atomic E-state index is 4.22. The van der Waals surface area contributed by atoms with E-state index < -0.39 is 0 Å². The first kappa shape index (κ1) is 11.0. The first-order valence-electron chi connectivity index (χ1n) is 5.10. The molecule has 0 aliphatic rings. The summed E-state index contributed by atoms with van der Waals surface area (Å²) >= 11 is 0. The zero-order valence-electron chi connectivity index (χ0n) is 9.46. The van der Waals surface area contributed by atoms with Crippen LogP contribution in [0.4, 0.5) is 5.95 Å². The fourth-order valence-electron chi connectivity index (χ4n) is 1.58. The predicted octanol–water partition coefficient (Wildman–Crippen LogP) is 2.60. The molecule has 0 unspecified atom stereocenters. The molecule has 1 rings (SSSR count). The van der Waals surface area contributed by atoms with Crippen LogP contribution in [0.5, 0.6) is 0 Å². The Bertz CT molecular complexity index is 277. The fraction of sp³-hybridized carbons (Fsp3) is 0.636. The Kier molecular flexibility index (Phi) is 3.44. The minimum atomic E-state index is 0.182. The second-order valence-corrected chi connectivity index (χ2v) is 4.18. The Morgan fingerprint density at radius 3 is 2.29 bits per heavy atom. The normalized spacial score (nSPS) is 11.4. The maximum Gasteiger partial charge on any atom is 0.222 e. The SMILES string of the molecule is CCCC(C)(C)c1cnc(NC)nc1. The molecule has 78 valence electrons. The average molecular weight is 193 g/mol. The largest absolute Gasteiger partial charge is 0.357 e. The van der Waals surface area contributed by atoms with Crippen molar-refractivity contribution in [3.8, 4) is 0 Å². The number of nitrogens with one attached hydrogen (secondary N) is 1. The van der Waals surface area contributed by atoms with Gasteiger partial charge in [-0.15, -0.1) is 0 Å². The Hall–Kier alpha value is -1.12. The van der Waals surface area contributed by atoms with Gasteiger partial charge in [0.25, 0.3) is 0 Å². The van der Waals surface area contributed by atoms with Crippen LogP contribution in [0.1, 0.15) is 39.2 Å². The first-order valence-corrected chi connectivity index (χ1v) is 5.10. The summed E-state index contributed by atoms with van der Waals surface area (Å²) in [6.45, 7) is 6.66. The van der Waals surface area contributed by atoms with E-state index in [1.165, 1.54) is 12.0 Å². The lowest BCUT2D eigenvalue weighted by Gasteiger charge is -2.23. The van der Waals surface area contributed by atoms with Crippen molar-refractivity contribution in [3.05, 3.63) is 18.0 Å². The third kappa shape index (κ3) is 2.44. The molecule has 0 amide bonds. The third-order valence-corrected chi connectivity index (χ3v) is 2.53. The van der Waals surface area contributed by atoms with E-state index in [9.17, 15) is 0 Å². The van der Waals surface area contributed by atoms with E-state index in [4.69, 9.17) is 0 Å². The predicted molar refractivity (Wildman–Crippen MR) is 59.5 cm³/mol. The number of anilines is 1. The van der Waals surface area contributed by atoms with Gasteiger partial charge in [0, 0.05) is 19.4 Å². The molecule has 1 aromatic heterocycles. The minimum absolute atomic E-state index is 0.182. The maximum atomic E-state index is 4.22. The van der Waals surface area contributed by atoms with Crippen molar-refractivity contribution in [2.75, 3.05) is 12.4 Å². The van der Waals surface area contributed by atoms with E-state index in [2.05, 4.69) is 36.1 Å². The number of hydrogen-bond acceptors (Lipinski definition) is 3. The van der Waals surface area contributed by atoms with Crippen molar-refractivity contribution < 1.29 is 0 Å². The number of rotatable bonds is 4. The molecule has 3 heteroatoms. The van der Waals surface area contributed by atoms with Crippen molar-refractivity contribution >= 4 is 5.95 Å². The van der Waals surface area contributed by atoms with Crippen LogP contribution in [0.25, 0.3) is 0 Å². The van der Waals surface area contributed by atoms with Gasteiger partial charge in [0.05, 0.1) is 0 Å². The Morgan fingerprint density at radius 1 is 1.29 bits per heavy atom. The van der Waals surface area contributed by atoms with Gasteiger partial charge in [-0.1, -0.05) is 27.2 Å². The Balaban J connectivity index is 2.85. The summed E-state index contributed by atoms with van der Waals surface area (Å²) in [7, 11) is 1.83. The number of aromatic nitrogens is 2. The van der Waals surface area contributed by atoms with Gasteiger partial charge in [0.15, 0.2) is 0 Å². The number of hydrogen-bond donors (Lipinski definition) is 1. The van der Waals surface area contributed by atoms with Gasteiger partial charge in [-0.05, 0) is 17.4 Å². The smallest absolute Gasteiger partial charge is 0.222 e. The molecule has 0 saturated heterocycles. The standard InChI is InChI=1S/C11H19N3/c1-5-6-11(2,3)9-7-13-10(12-4)14-8-9/h7-8H,5-6H2,1-4H3,(H,12,13,14). The second kappa shape index (κ2) is 4.40. The lowest BCUT2D eigenvalue weighted by Crippen LogP contribution is -2.17. The van der Waals surface area contributed by atoms with E-state index >= 15 is 0 Å². The van der Waals surface area contributed by atoms with Crippen molar-refractivity contribution in [3.63, 3.8) is 0 Å². The summed E-state index contributed by atoms with van der Waals surface area (Å²) in [5.74, 6) is 0.682. The zero-order chi connectivity index (χ0) is 10.6. The van der Waals surface area contributed by atoms with Crippen molar-refractivity contribution in [2.45, 2.75) is 39.0 Å². The minimum Gasteiger partial charge on any atom is -0.357 e. The summed E-state index contributed by atoms with van der Waals surface area (Å²) in [5.41, 5.74) is 1.39. The molecule has 0 spiro atoms. The topological polar surface area (TPSA) is 37.8 Å². The lowest BCUT2D eigenvalue weighted by molar-refractivity contribution is 0.470. The molecular weight excluding hydrogens is 174 g/mol. The van der Waals surface area contributed by atoms with Gasteiger partial charge in [-0.2, -0.15) is 0 Å². The highest BCUT2D eigenvalue weighted by Crippen LogP contribution is 2.27. The van der Waals surface area contributed by atoms with Gasteiger partial charge < -0.3 is 5.32 Å². The molecule has 1 N–H and O–H groups in total. The van der Waals surface area contributed by atoms with Crippen molar-refractivity contribution in [1.82, 2.24) is 9.97 Å². The molecule has 1 heterocycles. The molecule has 3 nitrogen and oxygen atoms in total.